The number of rotatable bonds is 0. The van der Waals surface area contributed by atoms with E-state index in [1.807, 2.05) is 36.4 Å². The summed E-state index contributed by atoms with van der Waals surface area (Å²) < 4.78 is 0. The van der Waals surface area contributed by atoms with E-state index in [0.717, 1.165) is 20.9 Å². The topological polar surface area (TPSA) is 47.6 Å². The molecule has 0 spiro atoms. The van der Waals surface area contributed by atoms with Gasteiger partial charge in [0.25, 0.3) is 0 Å². The van der Waals surface area contributed by atoms with Crippen LogP contribution >= 0.6 is 11.3 Å². The SMILES string of the molecule is N#Cc1ccc(C#Cc2ccc(C#Cc3ccc(C#N)cc3)s2)cc1. The Labute approximate surface area is 150 Å². The summed E-state index contributed by atoms with van der Waals surface area (Å²) >= 11 is 1.53. The quantitative estimate of drug-likeness (QED) is 0.576. The van der Waals surface area contributed by atoms with Gasteiger partial charge in [-0.05, 0) is 60.7 Å². The van der Waals surface area contributed by atoms with Crippen LogP contribution in [0.25, 0.3) is 0 Å². The van der Waals surface area contributed by atoms with E-state index in [1.165, 1.54) is 11.3 Å². The number of nitriles is 2. The highest BCUT2D eigenvalue weighted by Gasteiger charge is 1.95. The summed E-state index contributed by atoms with van der Waals surface area (Å²) in [6.07, 6.45) is 0. The van der Waals surface area contributed by atoms with Gasteiger partial charge in [-0.15, -0.1) is 11.3 Å². The molecule has 0 fully saturated rings. The maximum atomic E-state index is 8.79. The van der Waals surface area contributed by atoms with E-state index in [2.05, 4.69) is 35.8 Å². The normalized spacial score (nSPS) is 8.88. The van der Waals surface area contributed by atoms with Gasteiger partial charge in [0.05, 0.1) is 33.0 Å². The van der Waals surface area contributed by atoms with Crippen molar-refractivity contribution in [3.63, 3.8) is 0 Å². The number of hydrogen-bond donors (Lipinski definition) is 0. The van der Waals surface area contributed by atoms with Crippen LogP contribution in [0.3, 0.4) is 0 Å². The van der Waals surface area contributed by atoms with Crippen molar-refractivity contribution < 1.29 is 0 Å². The molecule has 1 aromatic heterocycles. The molecule has 0 radical (unpaired) electrons. The van der Waals surface area contributed by atoms with E-state index >= 15 is 0 Å². The highest BCUT2D eigenvalue weighted by Crippen LogP contribution is 2.15. The summed E-state index contributed by atoms with van der Waals surface area (Å²) in [6, 6.07) is 22.5. The van der Waals surface area contributed by atoms with Crippen molar-refractivity contribution in [2.24, 2.45) is 0 Å². The summed E-state index contributed by atoms with van der Waals surface area (Å²) in [6.45, 7) is 0. The average molecular weight is 334 g/mol. The third-order valence-corrected chi connectivity index (χ3v) is 4.21. The summed E-state index contributed by atoms with van der Waals surface area (Å²) in [5.41, 5.74) is 3.00. The molecule has 114 valence electrons. The van der Waals surface area contributed by atoms with Gasteiger partial charge >= 0.3 is 0 Å². The first-order chi connectivity index (χ1) is 12.3. The molecule has 1 heterocycles. The molecule has 0 saturated carbocycles. The van der Waals surface area contributed by atoms with E-state index in [4.69, 9.17) is 10.5 Å². The Morgan fingerprint density at radius 3 is 1.20 bits per heavy atom. The predicted molar refractivity (Wildman–Crippen MR) is 98.6 cm³/mol. The van der Waals surface area contributed by atoms with Crippen molar-refractivity contribution in [2.45, 2.75) is 0 Å². The second-order valence-electron chi connectivity index (χ2n) is 5.04. The molecule has 25 heavy (non-hydrogen) atoms. The second kappa shape index (κ2) is 7.68. The highest BCUT2D eigenvalue weighted by atomic mass is 32.1. The Hall–Kier alpha value is -3.76. The summed E-state index contributed by atoms with van der Waals surface area (Å²) in [5.74, 6) is 12.4. The third kappa shape index (κ3) is 4.37. The van der Waals surface area contributed by atoms with Crippen LogP contribution in [0, 0.1) is 46.3 Å². The number of nitrogens with zero attached hydrogens (tertiary/aromatic N) is 2. The van der Waals surface area contributed by atoms with Crippen molar-refractivity contribution in [1.82, 2.24) is 0 Å². The number of thiophene rings is 1. The van der Waals surface area contributed by atoms with E-state index in [9.17, 15) is 0 Å². The Morgan fingerprint density at radius 2 is 0.840 bits per heavy atom. The van der Waals surface area contributed by atoms with Gasteiger partial charge in [-0.1, -0.05) is 23.7 Å². The predicted octanol–water partition coefficient (Wildman–Crippen LogP) is 4.29. The number of benzene rings is 2. The fourth-order valence-corrected chi connectivity index (χ4v) is 2.71. The van der Waals surface area contributed by atoms with Gasteiger partial charge in [-0.3, -0.25) is 0 Å². The van der Waals surface area contributed by atoms with Crippen LogP contribution in [-0.4, -0.2) is 0 Å². The van der Waals surface area contributed by atoms with E-state index in [1.54, 1.807) is 24.3 Å². The van der Waals surface area contributed by atoms with E-state index in [0.29, 0.717) is 11.1 Å². The van der Waals surface area contributed by atoms with Gasteiger partial charge in [0.1, 0.15) is 0 Å². The lowest BCUT2D eigenvalue weighted by atomic mass is 10.1. The van der Waals surface area contributed by atoms with Crippen molar-refractivity contribution in [1.29, 1.82) is 10.5 Å². The van der Waals surface area contributed by atoms with Gasteiger partial charge in [0.2, 0.25) is 0 Å². The molecule has 0 amide bonds. The summed E-state index contributed by atoms with van der Waals surface area (Å²) in [7, 11) is 0. The monoisotopic (exact) mass is 334 g/mol. The van der Waals surface area contributed by atoms with Gasteiger partial charge < -0.3 is 0 Å². The maximum Gasteiger partial charge on any atom is 0.0991 e. The van der Waals surface area contributed by atoms with Crippen LogP contribution in [0.5, 0.6) is 0 Å². The molecular formula is C22H10N2S. The van der Waals surface area contributed by atoms with Gasteiger partial charge in [0, 0.05) is 11.1 Å². The maximum absolute atomic E-state index is 8.79. The molecule has 3 rings (SSSR count). The molecule has 0 unspecified atom stereocenters. The van der Waals surface area contributed by atoms with Gasteiger partial charge in [-0.2, -0.15) is 10.5 Å². The fraction of sp³-hybridized carbons (Fsp3) is 0. The third-order valence-electron chi connectivity index (χ3n) is 3.29. The molecule has 2 nitrogen and oxygen atoms in total. The van der Waals surface area contributed by atoms with Crippen LogP contribution in [0.1, 0.15) is 32.0 Å². The molecule has 0 aliphatic rings. The Bertz CT molecular complexity index is 1010. The molecule has 0 aliphatic carbocycles. The molecule has 0 bridgehead atoms. The molecular weight excluding hydrogens is 324 g/mol. The Kier molecular flexibility index (Phi) is 4.95. The zero-order valence-electron chi connectivity index (χ0n) is 13.1. The first-order valence-electron chi connectivity index (χ1n) is 7.41. The van der Waals surface area contributed by atoms with Crippen LogP contribution in [0.15, 0.2) is 60.7 Å². The fourth-order valence-electron chi connectivity index (χ4n) is 2.00. The van der Waals surface area contributed by atoms with Crippen molar-refractivity contribution >= 4 is 11.3 Å². The summed E-state index contributed by atoms with van der Waals surface area (Å²) in [5, 5.41) is 17.6. The largest absolute Gasteiger partial charge is 0.192 e. The zero-order chi connectivity index (χ0) is 17.5. The molecule has 0 N–H and O–H groups in total. The standard InChI is InChI=1S/C22H10N2S/c23-15-19-5-1-17(2-6-19)9-11-21-13-14-22(25-21)12-10-18-3-7-20(16-24)8-4-18/h1-8,13-14H. The van der Waals surface area contributed by atoms with Crippen LogP contribution in [0.2, 0.25) is 0 Å². The molecule has 0 saturated heterocycles. The van der Waals surface area contributed by atoms with Crippen molar-refractivity contribution in [2.75, 3.05) is 0 Å². The lowest BCUT2D eigenvalue weighted by Gasteiger charge is -1.89. The zero-order valence-corrected chi connectivity index (χ0v) is 13.9. The minimum absolute atomic E-state index is 0.627. The van der Waals surface area contributed by atoms with Crippen molar-refractivity contribution in [3.8, 4) is 35.8 Å². The van der Waals surface area contributed by atoms with Crippen molar-refractivity contribution in [3.05, 3.63) is 92.7 Å². The molecule has 2 aromatic carbocycles. The molecule has 3 heteroatoms. The molecule has 0 atom stereocenters. The van der Waals surface area contributed by atoms with Crippen LogP contribution < -0.4 is 0 Å². The first kappa shape index (κ1) is 16.1. The summed E-state index contributed by atoms with van der Waals surface area (Å²) in [4.78, 5) is 1.88. The minimum Gasteiger partial charge on any atom is -0.192 e. The minimum atomic E-state index is 0.627. The lowest BCUT2D eigenvalue weighted by molar-refractivity contribution is 1.48. The lowest BCUT2D eigenvalue weighted by Crippen LogP contribution is -1.76. The van der Waals surface area contributed by atoms with Gasteiger partial charge in [0.15, 0.2) is 0 Å². The highest BCUT2D eigenvalue weighted by molar-refractivity contribution is 7.13. The molecule has 3 aromatic rings. The van der Waals surface area contributed by atoms with E-state index < -0.39 is 0 Å². The van der Waals surface area contributed by atoms with Crippen LogP contribution in [-0.2, 0) is 0 Å². The van der Waals surface area contributed by atoms with Gasteiger partial charge in [-0.25, -0.2) is 0 Å². The smallest absolute Gasteiger partial charge is 0.0991 e. The Morgan fingerprint density at radius 1 is 0.480 bits per heavy atom. The van der Waals surface area contributed by atoms with E-state index in [-0.39, 0.29) is 0 Å². The van der Waals surface area contributed by atoms with Crippen LogP contribution in [0.4, 0.5) is 0 Å². The second-order valence-corrected chi connectivity index (χ2v) is 6.13. The average Bonchev–Trinajstić information content (AvgIpc) is 3.13. The number of hydrogen-bond acceptors (Lipinski definition) is 3. The molecule has 0 aliphatic heterocycles. The Balaban J connectivity index is 1.73. The first-order valence-corrected chi connectivity index (χ1v) is 8.23.